The molecule has 0 atom stereocenters. The van der Waals surface area contributed by atoms with E-state index >= 15 is 0 Å². The number of rotatable bonds is 5. The number of primary amides is 1. The van der Waals surface area contributed by atoms with Gasteiger partial charge in [-0.15, -0.1) is 0 Å². The summed E-state index contributed by atoms with van der Waals surface area (Å²) in [5.74, 6) is 0.382. The number of hydrogen-bond donors (Lipinski definition) is 1. The van der Waals surface area contributed by atoms with E-state index in [9.17, 15) is 4.79 Å². The van der Waals surface area contributed by atoms with Gasteiger partial charge in [0.25, 0.3) is 0 Å². The number of para-hydroxylation sites is 1. The molecule has 2 fully saturated rings. The predicted molar refractivity (Wildman–Crippen MR) is 125 cm³/mol. The van der Waals surface area contributed by atoms with Crippen LogP contribution in [0.1, 0.15) is 41.0 Å². The maximum atomic E-state index is 11.4. The lowest BCUT2D eigenvalue weighted by molar-refractivity contribution is -0.123. The smallest absolute Gasteiger partial charge is 0.220 e. The molecule has 160 valence electrons. The fourth-order valence-electron chi connectivity index (χ4n) is 4.77. The van der Waals surface area contributed by atoms with Crippen molar-refractivity contribution in [3.63, 3.8) is 0 Å². The zero-order valence-electron chi connectivity index (χ0n) is 17.6. The van der Waals surface area contributed by atoms with Gasteiger partial charge in [0, 0.05) is 31.5 Å². The molecule has 1 amide bonds. The third-order valence-electron chi connectivity index (χ3n) is 6.70. The molecule has 0 aromatic heterocycles. The summed E-state index contributed by atoms with van der Waals surface area (Å²) >= 11 is 12.7. The quantitative estimate of drug-likeness (QED) is 0.710. The van der Waals surface area contributed by atoms with E-state index in [1.54, 1.807) is 0 Å². The van der Waals surface area contributed by atoms with Crippen molar-refractivity contribution < 1.29 is 4.79 Å². The van der Waals surface area contributed by atoms with Gasteiger partial charge in [-0.1, -0.05) is 41.4 Å². The van der Waals surface area contributed by atoms with Gasteiger partial charge in [-0.3, -0.25) is 9.69 Å². The number of hydrogen-bond acceptors (Lipinski definition) is 3. The summed E-state index contributed by atoms with van der Waals surface area (Å²) in [5.41, 5.74) is 11.9. The Morgan fingerprint density at radius 3 is 2.17 bits per heavy atom. The van der Waals surface area contributed by atoms with Gasteiger partial charge in [0.1, 0.15) is 0 Å². The summed E-state index contributed by atoms with van der Waals surface area (Å²) in [5, 5.41) is 1.42. The molecule has 0 aliphatic carbocycles. The molecule has 2 aliphatic rings. The SMILES string of the molecule is Cc1cc(C2CN(c3c(Cl)cccc3Cl)C2)cc(C)c1CN1CCC(C(N)=O)CC1. The predicted octanol–water partition coefficient (Wildman–Crippen LogP) is 4.91. The molecule has 2 saturated heterocycles. The third kappa shape index (κ3) is 4.32. The Morgan fingerprint density at radius 1 is 1.07 bits per heavy atom. The van der Waals surface area contributed by atoms with Crippen LogP contribution in [0.25, 0.3) is 0 Å². The van der Waals surface area contributed by atoms with Gasteiger partial charge in [0.2, 0.25) is 5.91 Å². The maximum absolute atomic E-state index is 11.4. The molecule has 2 aliphatic heterocycles. The van der Waals surface area contributed by atoms with E-state index in [1.165, 1.54) is 22.3 Å². The van der Waals surface area contributed by atoms with Gasteiger partial charge in [-0.05, 0) is 74.2 Å². The normalized spacial score (nSPS) is 18.5. The second-order valence-electron chi connectivity index (χ2n) is 8.76. The molecule has 2 aromatic carbocycles. The molecule has 0 bridgehead atoms. The van der Waals surface area contributed by atoms with E-state index in [2.05, 4.69) is 35.8 Å². The Balaban J connectivity index is 1.41. The first-order valence-corrected chi connectivity index (χ1v) is 11.4. The van der Waals surface area contributed by atoms with Crippen LogP contribution in [0.15, 0.2) is 30.3 Å². The van der Waals surface area contributed by atoms with E-state index in [0.717, 1.165) is 51.3 Å². The first kappa shape index (κ1) is 21.5. The number of carbonyl (C=O) groups excluding carboxylic acids is 1. The molecule has 6 heteroatoms. The summed E-state index contributed by atoms with van der Waals surface area (Å²) in [6.07, 6.45) is 1.74. The fourth-order valence-corrected chi connectivity index (χ4v) is 5.41. The average Bonchev–Trinajstić information content (AvgIpc) is 2.66. The minimum atomic E-state index is -0.154. The lowest BCUT2D eigenvalue weighted by atomic mass is 9.86. The highest BCUT2D eigenvalue weighted by molar-refractivity contribution is 6.39. The molecule has 0 saturated carbocycles. The lowest BCUT2D eigenvalue weighted by Gasteiger charge is -2.42. The van der Waals surface area contributed by atoms with E-state index in [4.69, 9.17) is 28.9 Å². The monoisotopic (exact) mass is 445 g/mol. The molecule has 4 rings (SSSR count). The third-order valence-corrected chi connectivity index (χ3v) is 7.31. The van der Waals surface area contributed by atoms with Gasteiger partial charge < -0.3 is 10.6 Å². The molecular formula is C24H29Cl2N3O. The molecular weight excluding hydrogens is 417 g/mol. The first-order chi connectivity index (χ1) is 14.3. The second-order valence-corrected chi connectivity index (χ2v) is 9.57. The summed E-state index contributed by atoms with van der Waals surface area (Å²) < 4.78 is 0. The number of benzene rings is 2. The summed E-state index contributed by atoms with van der Waals surface area (Å²) in [6, 6.07) is 10.4. The molecule has 2 heterocycles. The number of anilines is 1. The standard InChI is InChI=1S/C24H29Cl2N3O/c1-15-10-18(19-12-29(13-19)23-21(25)4-3-5-22(23)26)11-16(2)20(15)14-28-8-6-17(7-9-28)24(27)30/h3-5,10-11,17,19H,6-9,12-14H2,1-2H3,(H2,27,30). The molecule has 0 unspecified atom stereocenters. The highest BCUT2D eigenvalue weighted by atomic mass is 35.5. The van der Waals surface area contributed by atoms with Crippen molar-refractivity contribution in [3.05, 3.63) is 62.6 Å². The van der Waals surface area contributed by atoms with E-state index in [-0.39, 0.29) is 11.8 Å². The van der Waals surface area contributed by atoms with Crippen molar-refractivity contribution in [2.75, 3.05) is 31.1 Å². The summed E-state index contributed by atoms with van der Waals surface area (Å²) in [7, 11) is 0. The summed E-state index contributed by atoms with van der Waals surface area (Å²) in [4.78, 5) is 16.1. The van der Waals surface area contributed by atoms with Crippen LogP contribution < -0.4 is 10.6 Å². The number of piperidine rings is 1. The number of carbonyl (C=O) groups is 1. The van der Waals surface area contributed by atoms with Crippen molar-refractivity contribution in [1.82, 2.24) is 4.90 Å². The Bertz CT molecular complexity index is 904. The Labute approximate surface area is 188 Å². The largest absolute Gasteiger partial charge is 0.369 e. The average molecular weight is 446 g/mol. The molecule has 0 spiro atoms. The topological polar surface area (TPSA) is 49.6 Å². The number of halogens is 2. The van der Waals surface area contributed by atoms with Crippen LogP contribution in [0, 0.1) is 19.8 Å². The Kier molecular flexibility index (Phi) is 6.29. The molecule has 0 radical (unpaired) electrons. The van der Waals surface area contributed by atoms with Gasteiger partial charge >= 0.3 is 0 Å². The van der Waals surface area contributed by atoms with Crippen molar-refractivity contribution >= 4 is 34.8 Å². The fraction of sp³-hybridized carbons (Fsp3) is 0.458. The number of nitrogens with zero attached hydrogens (tertiary/aromatic N) is 2. The van der Waals surface area contributed by atoms with Crippen molar-refractivity contribution in [1.29, 1.82) is 0 Å². The Hall–Kier alpha value is -1.75. The zero-order valence-corrected chi connectivity index (χ0v) is 19.1. The van der Waals surface area contributed by atoms with Crippen LogP contribution >= 0.6 is 23.2 Å². The van der Waals surface area contributed by atoms with E-state index in [1.807, 2.05) is 18.2 Å². The lowest BCUT2D eigenvalue weighted by Crippen LogP contribution is -2.45. The summed E-state index contributed by atoms with van der Waals surface area (Å²) in [6.45, 7) is 9.10. The number of nitrogens with two attached hydrogens (primary N) is 1. The van der Waals surface area contributed by atoms with Crippen LogP contribution in [0.5, 0.6) is 0 Å². The van der Waals surface area contributed by atoms with Crippen LogP contribution in [-0.2, 0) is 11.3 Å². The van der Waals surface area contributed by atoms with Gasteiger partial charge in [0.15, 0.2) is 0 Å². The first-order valence-electron chi connectivity index (χ1n) is 10.6. The van der Waals surface area contributed by atoms with Gasteiger partial charge in [-0.25, -0.2) is 0 Å². The molecule has 2 aromatic rings. The number of amides is 1. The number of aryl methyl sites for hydroxylation is 2. The highest BCUT2D eigenvalue weighted by Gasteiger charge is 2.31. The highest BCUT2D eigenvalue weighted by Crippen LogP contribution is 2.40. The van der Waals surface area contributed by atoms with Gasteiger partial charge in [0.05, 0.1) is 15.7 Å². The molecule has 30 heavy (non-hydrogen) atoms. The van der Waals surface area contributed by atoms with Crippen LogP contribution in [0.4, 0.5) is 5.69 Å². The van der Waals surface area contributed by atoms with Crippen molar-refractivity contribution in [2.24, 2.45) is 11.7 Å². The van der Waals surface area contributed by atoms with E-state index in [0.29, 0.717) is 16.0 Å². The molecule has 4 nitrogen and oxygen atoms in total. The van der Waals surface area contributed by atoms with Crippen molar-refractivity contribution in [2.45, 2.75) is 39.2 Å². The van der Waals surface area contributed by atoms with Crippen LogP contribution in [0.2, 0.25) is 10.0 Å². The van der Waals surface area contributed by atoms with Crippen molar-refractivity contribution in [3.8, 4) is 0 Å². The molecule has 2 N–H and O–H groups in total. The van der Waals surface area contributed by atoms with Crippen LogP contribution in [-0.4, -0.2) is 37.0 Å². The van der Waals surface area contributed by atoms with E-state index < -0.39 is 0 Å². The number of likely N-dealkylation sites (tertiary alicyclic amines) is 1. The second kappa shape index (κ2) is 8.78. The zero-order chi connectivity index (χ0) is 21.4. The minimum absolute atomic E-state index is 0.0407. The van der Waals surface area contributed by atoms with Gasteiger partial charge in [-0.2, -0.15) is 0 Å². The maximum Gasteiger partial charge on any atom is 0.220 e. The van der Waals surface area contributed by atoms with Crippen LogP contribution in [0.3, 0.4) is 0 Å². The Morgan fingerprint density at radius 2 is 1.63 bits per heavy atom. The minimum Gasteiger partial charge on any atom is -0.369 e.